The van der Waals surface area contributed by atoms with Gasteiger partial charge in [-0.25, -0.2) is 0 Å². The van der Waals surface area contributed by atoms with Crippen LogP contribution in [0.25, 0.3) is 0 Å². The third-order valence-electron chi connectivity index (χ3n) is 2.77. The Morgan fingerprint density at radius 1 is 1.42 bits per heavy atom. The van der Waals surface area contributed by atoms with Crippen molar-refractivity contribution in [2.24, 2.45) is 7.05 Å². The molecule has 1 aromatic heterocycles. The van der Waals surface area contributed by atoms with Crippen molar-refractivity contribution >= 4 is 39.7 Å². The first-order valence-corrected chi connectivity index (χ1v) is 7.59. The average molecular weight is 318 g/mol. The number of nitrogens with zero attached hydrogens (tertiary/aromatic N) is 2. The van der Waals surface area contributed by atoms with E-state index in [-0.39, 0.29) is 5.75 Å². The highest BCUT2D eigenvalue weighted by Crippen LogP contribution is 2.26. The molecule has 0 aliphatic heterocycles. The summed E-state index contributed by atoms with van der Waals surface area (Å²) in [5, 5.41) is 5.19. The number of rotatable bonds is 3. The number of aromatic nitrogens is 2. The Balaban J connectivity index is 2.33. The van der Waals surface area contributed by atoms with Crippen LogP contribution in [-0.4, -0.2) is 14.0 Å². The molecule has 2 rings (SSSR count). The highest BCUT2D eigenvalue weighted by atomic mass is 35.5. The maximum Gasteiger partial charge on any atom is 0.131 e. The van der Waals surface area contributed by atoms with Gasteiger partial charge in [0.15, 0.2) is 0 Å². The Morgan fingerprint density at radius 3 is 2.68 bits per heavy atom. The lowest BCUT2D eigenvalue weighted by molar-refractivity contribution is 0.683. The number of hydrogen-bond donors (Lipinski definition) is 1. The summed E-state index contributed by atoms with van der Waals surface area (Å²) in [5.41, 5.74) is 7.81. The van der Waals surface area contributed by atoms with E-state index in [1.807, 2.05) is 6.92 Å². The summed E-state index contributed by atoms with van der Waals surface area (Å²) in [6.45, 7) is 1.83. The molecule has 0 aliphatic carbocycles. The first-order valence-electron chi connectivity index (χ1n) is 5.51. The number of nitrogen functional groups attached to an aromatic ring is 1. The fraction of sp³-hybridized carbons (Fsp3) is 0.250. The van der Waals surface area contributed by atoms with Crippen LogP contribution >= 0.6 is 23.2 Å². The van der Waals surface area contributed by atoms with E-state index in [1.54, 1.807) is 29.9 Å². The topological polar surface area (TPSA) is 60.9 Å². The summed E-state index contributed by atoms with van der Waals surface area (Å²) in [6.07, 6.45) is 0. The van der Waals surface area contributed by atoms with Crippen LogP contribution in [0.5, 0.6) is 0 Å². The standard InChI is InChI=1S/C12H13Cl2N3OS/c1-7-9(12(14)17(2)16-7)6-19(18)11-5-8(13)3-4-10(11)15/h3-5H,6,15H2,1-2H3. The number of halogens is 2. The van der Waals surface area contributed by atoms with Gasteiger partial charge in [-0.2, -0.15) is 5.10 Å². The second kappa shape index (κ2) is 5.53. The Morgan fingerprint density at radius 2 is 2.11 bits per heavy atom. The monoisotopic (exact) mass is 317 g/mol. The Labute approximate surface area is 124 Å². The largest absolute Gasteiger partial charge is 0.398 e. The zero-order valence-electron chi connectivity index (χ0n) is 10.5. The minimum Gasteiger partial charge on any atom is -0.398 e. The van der Waals surface area contributed by atoms with Crippen molar-refractivity contribution < 1.29 is 4.21 Å². The molecule has 1 aromatic carbocycles. The fourth-order valence-electron chi connectivity index (χ4n) is 1.75. The van der Waals surface area contributed by atoms with E-state index >= 15 is 0 Å². The van der Waals surface area contributed by atoms with Crippen LogP contribution in [-0.2, 0) is 23.6 Å². The molecule has 0 fully saturated rings. The van der Waals surface area contributed by atoms with Gasteiger partial charge in [-0.1, -0.05) is 23.2 Å². The van der Waals surface area contributed by atoms with Gasteiger partial charge in [0.2, 0.25) is 0 Å². The third-order valence-corrected chi connectivity index (χ3v) is 4.87. The summed E-state index contributed by atoms with van der Waals surface area (Å²) in [5.74, 6) is 0.267. The van der Waals surface area contributed by atoms with Gasteiger partial charge in [0, 0.05) is 23.3 Å². The second-order valence-corrected chi connectivity index (χ2v) is 6.36. The van der Waals surface area contributed by atoms with Crippen LogP contribution in [0.4, 0.5) is 5.69 Å². The molecule has 1 atom stereocenters. The first kappa shape index (κ1) is 14.4. The van der Waals surface area contributed by atoms with Crippen molar-refractivity contribution in [3.8, 4) is 0 Å². The Kier molecular flexibility index (Phi) is 4.18. The van der Waals surface area contributed by atoms with Gasteiger partial charge < -0.3 is 5.73 Å². The predicted octanol–water partition coefficient (Wildman–Crippen LogP) is 2.93. The van der Waals surface area contributed by atoms with Crippen LogP contribution in [0.1, 0.15) is 11.3 Å². The predicted molar refractivity (Wildman–Crippen MR) is 78.9 cm³/mol. The molecular formula is C12H13Cl2N3OS. The molecule has 1 heterocycles. The summed E-state index contributed by atoms with van der Waals surface area (Å²) in [4.78, 5) is 0.520. The summed E-state index contributed by atoms with van der Waals surface area (Å²) >= 11 is 12.0. The van der Waals surface area contributed by atoms with Gasteiger partial charge in [0.05, 0.1) is 27.1 Å². The quantitative estimate of drug-likeness (QED) is 0.885. The molecule has 102 valence electrons. The summed E-state index contributed by atoms with van der Waals surface area (Å²) < 4.78 is 13.9. The van der Waals surface area contributed by atoms with Gasteiger partial charge in [-0.3, -0.25) is 8.89 Å². The molecule has 0 saturated carbocycles. The van der Waals surface area contributed by atoms with E-state index in [4.69, 9.17) is 28.9 Å². The smallest absolute Gasteiger partial charge is 0.131 e. The zero-order chi connectivity index (χ0) is 14.2. The molecule has 2 N–H and O–H groups in total. The van der Waals surface area contributed by atoms with Crippen molar-refractivity contribution in [1.29, 1.82) is 0 Å². The van der Waals surface area contributed by atoms with Crippen LogP contribution in [0, 0.1) is 6.92 Å². The minimum atomic E-state index is -1.31. The molecule has 0 spiro atoms. The van der Waals surface area contributed by atoms with Crippen LogP contribution in [0.3, 0.4) is 0 Å². The van der Waals surface area contributed by atoms with Crippen molar-refractivity contribution in [3.05, 3.63) is 39.6 Å². The highest BCUT2D eigenvalue weighted by Gasteiger charge is 2.17. The maximum atomic E-state index is 12.4. The third kappa shape index (κ3) is 2.94. The lowest BCUT2D eigenvalue weighted by atomic mass is 10.3. The number of anilines is 1. The number of nitrogens with two attached hydrogens (primary N) is 1. The van der Waals surface area contributed by atoms with E-state index in [9.17, 15) is 4.21 Å². The normalized spacial score (nSPS) is 12.6. The molecule has 0 aliphatic rings. The van der Waals surface area contributed by atoms with Crippen molar-refractivity contribution in [1.82, 2.24) is 9.78 Å². The molecule has 0 bridgehead atoms. The molecule has 0 saturated heterocycles. The zero-order valence-corrected chi connectivity index (χ0v) is 12.8. The van der Waals surface area contributed by atoms with Crippen molar-refractivity contribution in [3.63, 3.8) is 0 Å². The molecular weight excluding hydrogens is 305 g/mol. The van der Waals surface area contributed by atoms with Crippen molar-refractivity contribution in [2.45, 2.75) is 17.6 Å². The van der Waals surface area contributed by atoms with Crippen LogP contribution < -0.4 is 5.73 Å². The first-order chi connectivity index (χ1) is 8.90. The number of hydrogen-bond acceptors (Lipinski definition) is 3. The van der Waals surface area contributed by atoms with Gasteiger partial charge in [-0.15, -0.1) is 0 Å². The maximum absolute atomic E-state index is 12.4. The number of aryl methyl sites for hydroxylation is 2. The van der Waals surface area contributed by atoms with Gasteiger partial charge in [-0.05, 0) is 25.1 Å². The van der Waals surface area contributed by atoms with Gasteiger partial charge in [0.1, 0.15) is 5.15 Å². The molecule has 2 aromatic rings. The Bertz CT molecular complexity index is 655. The average Bonchev–Trinajstić information content (AvgIpc) is 2.59. The summed E-state index contributed by atoms with van der Waals surface area (Å²) in [7, 11) is 0.435. The molecule has 4 nitrogen and oxygen atoms in total. The van der Waals surface area contributed by atoms with E-state index in [0.717, 1.165) is 11.3 Å². The van der Waals surface area contributed by atoms with E-state index < -0.39 is 10.8 Å². The van der Waals surface area contributed by atoms with Crippen molar-refractivity contribution in [2.75, 3.05) is 5.73 Å². The molecule has 19 heavy (non-hydrogen) atoms. The number of benzene rings is 1. The summed E-state index contributed by atoms with van der Waals surface area (Å²) in [6, 6.07) is 4.93. The second-order valence-electron chi connectivity index (χ2n) is 4.15. The molecule has 1 unspecified atom stereocenters. The highest BCUT2D eigenvalue weighted by molar-refractivity contribution is 7.84. The van der Waals surface area contributed by atoms with Crippen LogP contribution in [0.2, 0.25) is 10.2 Å². The molecule has 7 heteroatoms. The lowest BCUT2D eigenvalue weighted by Crippen LogP contribution is -2.02. The SMILES string of the molecule is Cc1nn(C)c(Cl)c1CS(=O)c1cc(Cl)ccc1N. The van der Waals surface area contributed by atoms with E-state index in [1.165, 1.54) is 0 Å². The molecule has 0 radical (unpaired) electrons. The van der Waals surface area contributed by atoms with Gasteiger partial charge >= 0.3 is 0 Å². The molecule has 0 amide bonds. The Hall–Kier alpha value is -1.04. The van der Waals surface area contributed by atoms with Gasteiger partial charge in [0.25, 0.3) is 0 Å². The van der Waals surface area contributed by atoms with E-state index in [0.29, 0.717) is 20.8 Å². The lowest BCUT2D eigenvalue weighted by Gasteiger charge is -2.06. The van der Waals surface area contributed by atoms with E-state index in [2.05, 4.69) is 5.10 Å². The minimum absolute atomic E-state index is 0.267. The van der Waals surface area contributed by atoms with Crippen LogP contribution in [0.15, 0.2) is 23.1 Å². The fourth-order valence-corrected chi connectivity index (χ4v) is 3.66.